The second-order valence-corrected chi connectivity index (χ2v) is 8.33. The van der Waals surface area contributed by atoms with Crippen molar-refractivity contribution in [2.75, 3.05) is 32.4 Å². The maximum Gasteiger partial charge on any atom is 0.277 e. The standard InChI is InChI=1S/C22H20N4O5S2/c1-28-15-7-4-13(5-8-15)16-11-32-21(23-16)24-19(27)12-33-22-26-25-20(31-22)14-6-9-17(29-2)18(10-14)30-3/h4-11H,12H2,1-3H3,(H,23,24,27). The molecule has 2 heterocycles. The van der Waals surface area contributed by atoms with Gasteiger partial charge < -0.3 is 23.9 Å². The molecule has 0 aliphatic carbocycles. The van der Waals surface area contributed by atoms with Crippen LogP contribution in [0, 0.1) is 0 Å². The quantitative estimate of drug-likeness (QED) is 0.340. The van der Waals surface area contributed by atoms with Crippen LogP contribution in [0.2, 0.25) is 0 Å². The van der Waals surface area contributed by atoms with Gasteiger partial charge in [0, 0.05) is 16.5 Å². The summed E-state index contributed by atoms with van der Waals surface area (Å²) in [6.45, 7) is 0. The van der Waals surface area contributed by atoms with Gasteiger partial charge in [-0.3, -0.25) is 4.79 Å². The molecule has 1 N–H and O–H groups in total. The highest BCUT2D eigenvalue weighted by Crippen LogP contribution is 2.33. The Hall–Kier alpha value is -3.57. The van der Waals surface area contributed by atoms with Crippen molar-refractivity contribution in [2.45, 2.75) is 5.22 Å². The van der Waals surface area contributed by atoms with E-state index < -0.39 is 0 Å². The van der Waals surface area contributed by atoms with E-state index in [9.17, 15) is 4.79 Å². The first-order valence-corrected chi connectivity index (χ1v) is 11.5. The van der Waals surface area contributed by atoms with Crippen LogP contribution in [0.5, 0.6) is 17.2 Å². The molecule has 2 aromatic heterocycles. The van der Waals surface area contributed by atoms with Crippen LogP contribution in [0.3, 0.4) is 0 Å². The molecule has 0 radical (unpaired) electrons. The lowest BCUT2D eigenvalue weighted by atomic mass is 10.2. The number of hydrogen-bond donors (Lipinski definition) is 1. The lowest BCUT2D eigenvalue weighted by molar-refractivity contribution is -0.113. The SMILES string of the molecule is COc1ccc(-c2csc(NC(=O)CSc3nnc(-c4ccc(OC)c(OC)c4)o3)n2)cc1. The van der Waals surface area contributed by atoms with E-state index in [4.69, 9.17) is 18.6 Å². The van der Waals surface area contributed by atoms with Crippen molar-refractivity contribution in [1.29, 1.82) is 0 Å². The van der Waals surface area contributed by atoms with Gasteiger partial charge in [-0.1, -0.05) is 11.8 Å². The fourth-order valence-electron chi connectivity index (χ4n) is 2.86. The predicted octanol–water partition coefficient (Wildman–Crippen LogP) is 4.62. The Morgan fingerprint density at radius 2 is 1.76 bits per heavy atom. The van der Waals surface area contributed by atoms with Gasteiger partial charge in [0.15, 0.2) is 16.6 Å². The summed E-state index contributed by atoms with van der Waals surface area (Å²) in [4.78, 5) is 16.8. The van der Waals surface area contributed by atoms with Gasteiger partial charge >= 0.3 is 0 Å². The Morgan fingerprint density at radius 3 is 2.48 bits per heavy atom. The zero-order chi connectivity index (χ0) is 23.2. The molecule has 2 aromatic carbocycles. The number of anilines is 1. The summed E-state index contributed by atoms with van der Waals surface area (Å²) in [5.41, 5.74) is 2.41. The molecular formula is C22H20N4O5S2. The number of nitrogens with one attached hydrogen (secondary N) is 1. The lowest BCUT2D eigenvalue weighted by Crippen LogP contribution is -2.13. The molecule has 0 spiro atoms. The molecule has 33 heavy (non-hydrogen) atoms. The number of hydrogen-bond acceptors (Lipinski definition) is 10. The number of thioether (sulfide) groups is 1. The Labute approximate surface area is 198 Å². The van der Waals surface area contributed by atoms with Crippen molar-refractivity contribution in [2.24, 2.45) is 0 Å². The zero-order valence-corrected chi connectivity index (χ0v) is 19.7. The van der Waals surface area contributed by atoms with E-state index in [1.807, 2.05) is 29.6 Å². The van der Waals surface area contributed by atoms with Crippen molar-refractivity contribution in [3.8, 4) is 40.0 Å². The number of carbonyl (C=O) groups is 1. The minimum atomic E-state index is -0.221. The van der Waals surface area contributed by atoms with Crippen molar-refractivity contribution in [1.82, 2.24) is 15.2 Å². The van der Waals surface area contributed by atoms with Crippen LogP contribution in [0.25, 0.3) is 22.7 Å². The second kappa shape index (κ2) is 10.4. The molecule has 4 aromatic rings. The largest absolute Gasteiger partial charge is 0.497 e. The number of thiazole rings is 1. The molecular weight excluding hydrogens is 464 g/mol. The third kappa shape index (κ3) is 5.44. The zero-order valence-electron chi connectivity index (χ0n) is 18.0. The summed E-state index contributed by atoms with van der Waals surface area (Å²) in [7, 11) is 4.74. The summed E-state index contributed by atoms with van der Waals surface area (Å²) in [6.07, 6.45) is 0. The smallest absolute Gasteiger partial charge is 0.277 e. The van der Waals surface area contributed by atoms with Crippen molar-refractivity contribution in [3.63, 3.8) is 0 Å². The normalized spacial score (nSPS) is 10.6. The molecule has 0 aliphatic rings. The number of carbonyl (C=O) groups excluding carboxylic acids is 1. The Balaban J connectivity index is 1.33. The molecule has 0 saturated heterocycles. The number of amides is 1. The number of aromatic nitrogens is 3. The van der Waals surface area contributed by atoms with Crippen LogP contribution < -0.4 is 19.5 Å². The Bertz CT molecular complexity index is 1240. The summed E-state index contributed by atoms with van der Waals surface area (Å²) < 4.78 is 21.4. The molecule has 9 nitrogen and oxygen atoms in total. The van der Waals surface area contributed by atoms with Crippen molar-refractivity contribution >= 4 is 34.1 Å². The van der Waals surface area contributed by atoms with Crippen LogP contribution in [-0.4, -0.2) is 48.2 Å². The van der Waals surface area contributed by atoms with E-state index in [1.165, 1.54) is 11.3 Å². The van der Waals surface area contributed by atoms with Gasteiger partial charge in [-0.15, -0.1) is 21.5 Å². The minimum Gasteiger partial charge on any atom is -0.497 e. The van der Waals surface area contributed by atoms with Gasteiger partial charge in [-0.25, -0.2) is 4.98 Å². The van der Waals surface area contributed by atoms with Gasteiger partial charge in [-0.05, 0) is 42.5 Å². The number of ether oxygens (including phenoxy) is 3. The highest BCUT2D eigenvalue weighted by Gasteiger charge is 2.15. The molecule has 0 aliphatic heterocycles. The van der Waals surface area contributed by atoms with E-state index >= 15 is 0 Å². The number of nitrogens with zero attached hydrogens (tertiary/aromatic N) is 3. The van der Waals surface area contributed by atoms with Gasteiger partial charge in [0.05, 0.1) is 32.8 Å². The fraction of sp³-hybridized carbons (Fsp3) is 0.182. The van der Waals surface area contributed by atoms with Gasteiger partial charge in [0.1, 0.15) is 5.75 Å². The Kier molecular flexibility index (Phi) is 7.10. The molecule has 0 fully saturated rings. The summed E-state index contributed by atoms with van der Waals surface area (Å²) in [5.74, 6) is 2.13. The summed E-state index contributed by atoms with van der Waals surface area (Å²) in [6, 6.07) is 12.9. The van der Waals surface area contributed by atoms with E-state index in [2.05, 4.69) is 20.5 Å². The van der Waals surface area contributed by atoms with Gasteiger partial charge in [-0.2, -0.15) is 0 Å². The third-order valence-electron chi connectivity index (χ3n) is 4.50. The van der Waals surface area contributed by atoms with Crippen LogP contribution in [0.15, 0.2) is 57.5 Å². The van der Waals surface area contributed by atoms with Crippen LogP contribution >= 0.6 is 23.1 Å². The molecule has 0 atom stereocenters. The van der Waals surface area contributed by atoms with Gasteiger partial charge in [0.2, 0.25) is 11.8 Å². The third-order valence-corrected chi connectivity index (χ3v) is 6.08. The van der Waals surface area contributed by atoms with E-state index in [0.29, 0.717) is 28.1 Å². The van der Waals surface area contributed by atoms with Crippen LogP contribution in [0.1, 0.15) is 0 Å². The monoisotopic (exact) mass is 484 g/mol. The highest BCUT2D eigenvalue weighted by molar-refractivity contribution is 7.99. The first-order chi connectivity index (χ1) is 16.1. The fourth-order valence-corrected chi connectivity index (χ4v) is 4.16. The highest BCUT2D eigenvalue weighted by atomic mass is 32.2. The number of rotatable bonds is 9. The summed E-state index contributed by atoms with van der Waals surface area (Å²) >= 11 is 2.50. The first kappa shape index (κ1) is 22.6. The minimum absolute atomic E-state index is 0.102. The molecule has 170 valence electrons. The van der Waals surface area contributed by atoms with E-state index in [1.54, 1.807) is 39.5 Å². The van der Waals surface area contributed by atoms with E-state index in [0.717, 1.165) is 28.8 Å². The predicted molar refractivity (Wildman–Crippen MR) is 126 cm³/mol. The van der Waals surface area contributed by atoms with Crippen molar-refractivity contribution in [3.05, 3.63) is 47.8 Å². The number of methoxy groups -OCH3 is 3. The maximum absolute atomic E-state index is 12.3. The van der Waals surface area contributed by atoms with Crippen molar-refractivity contribution < 1.29 is 23.4 Å². The molecule has 0 bridgehead atoms. The second-order valence-electron chi connectivity index (χ2n) is 6.55. The van der Waals surface area contributed by atoms with E-state index in [-0.39, 0.29) is 16.9 Å². The topological polar surface area (TPSA) is 109 Å². The molecule has 0 saturated carbocycles. The first-order valence-electron chi connectivity index (χ1n) is 9.68. The molecule has 4 rings (SSSR count). The lowest BCUT2D eigenvalue weighted by Gasteiger charge is -2.07. The Morgan fingerprint density at radius 1 is 1.00 bits per heavy atom. The van der Waals surface area contributed by atoms with Crippen LogP contribution in [0.4, 0.5) is 5.13 Å². The molecule has 11 heteroatoms. The molecule has 0 unspecified atom stereocenters. The van der Waals surface area contributed by atoms with Gasteiger partial charge in [0.25, 0.3) is 5.22 Å². The average molecular weight is 485 g/mol. The average Bonchev–Trinajstić information content (AvgIpc) is 3.52. The maximum atomic E-state index is 12.3. The number of benzene rings is 2. The summed E-state index contributed by atoms with van der Waals surface area (Å²) in [5, 5.41) is 13.5. The molecule has 1 amide bonds. The van der Waals surface area contributed by atoms with Crippen LogP contribution in [-0.2, 0) is 4.79 Å².